The van der Waals surface area contributed by atoms with Crippen LogP contribution in [0.15, 0.2) is 0 Å². The summed E-state index contributed by atoms with van der Waals surface area (Å²) in [7, 11) is 0. The molecule has 0 spiro atoms. The number of hydrogen-bond acceptors (Lipinski definition) is 3. The van der Waals surface area contributed by atoms with Crippen molar-refractivity contribution in [1.82, 2.24) is 5.32 Å². The molecule has 1 aliphatic heterocycles. The zero-order valence-corrected chi connectivity index (χ0v) is 11.6. The zero-order chi connectivity index (χ0) is 12.6. The normalized spacial score (nSPS) is 27.0. The molecule has 3 heteroatoms. The molecule has 0 radical (unpaired) electrons. The number of nitrogens with one attached hydrogen (secondary N) is 1. The average molecular weight is 242 g/mol. The summed E-state index contributed by atoms with van der Waals surface area (Å²) in [6, 6.07) is 0. The van der Waals surface area contributed by atoms with E-state index in [0.29, 0.717) is 0 Å². The molecule has 1 aliphatic rings. The van der Waals surface area contributed by atoms with Crippen LogP contribution in [-0.2, 0) is 4.74 Å². The highest BCUT2D eigenvalue weighted by Crippen LogP contribution is 2.19. The fraction of sp³-hybridized carbons (Fsp3) is 1.00. The lowest BCUT2D eigenvalue weighted by Crippen LogP contribution is -2.49. The molecule has 1 fully saturated rings. The summed E-state index contributed by atoms with van der Waals surface area (Å²) in [5.41, 5.74) is 5.83. The molecular weight excluding hydrogens is 212 g/mol. The summed E-state index contributed by atoms with van der Waals surface area (Å²) in [5, 5.41) is 3.66. The summed E-state index contributed by atoms with van der Waals surface area (Å²) < 4.78 is 5.54. The van der Waals surface area contributed by atoms with Gasteiger partial charge in [-0.25, -0.2) is 0 Å². The first-order chi connectivity index (χ1) is 8.20. The fourth-order valence-corrected chi connectivity index (χ4v) is 2.64. The van der Waals surface area contributed by atoms with Crippen molar-refractivity contribution in [3.8, 4) is 0 Å². The summed E-state index contributed by atoms with van der Waals surface area (Å²) in [4.78, 5) is 0. The molecule has 0 amide bonds. The highest BCUT2D eigenvalue weighted by Gasteiger charge is 2.26. The van der Waals surface area contributed by atoms with Gasteiger partial charge in [-0.3, -0.25) is 0 Å². The molecule has 0 bridgehead atoms. The predicted octanol–water partition coefficient (Wildman–Crippen LogP) is 2.30. The van der Waals surface area contributed by atoms with Crippen LogP contribution in [0.3, 0.4) is 0 Å². The first-order valence-corrected chi connectivity index (χ1v) is 7.23. The Labute approximate surface area is 106 Å². The summed E-state index contributed by atoms with van der Waals surface area (Å²) in [5.74, 6) is 0.817. The van der Waals surface area contributed by atoms with Gasteiger partial charge in [-0.2, -0.15) is 0 Å². The van der Waals surface area contributed by atoms with Crippen molar-refractivity contribution in [1.29, 1.82) is 0 Å². The molecule has 1 heterocycles. The van der Waals surface area contributed by atoms with Gasteiger partial charge in [0.15, 0.2) is 0 Å². The van der Waals surface area contributed by atoms with E-state index in [2.05, 4.69) is 19.2 Å². The van der Waals surface area contributed by atoms with Gasteiger partial charge < -0.3 is 15.8 Å². The number of rotatable bonds is 8. The van der Waals surface area contributed by atoms with Gasteiger partial charge in [0, 0.05) is 12.1 Å². The third kappa shape index (κ3) is 5.84. The molecule has 0 saturated carbocycles. The van der Waals surface area contributed by atoms with Gasteiger partial charge in [0.2, 0.25) is 0 Å². The molecule has 2 unspecified atom stereocenters. The van der Waals surface area contributed by atoms with E-state index < -0.39 is 0 Å². The third-order valence-electron chi connectivity index (χ3n) is 3.93. The van der Waals surface area contributed by atoms with Crippen LogP contribution in [0.2, 0.25) is 0 Å². The Balaban J connectivity index is 2.09. The molecule has 2 atom stereocenters. The lowest BCUT2D eigenvalue weighted by atomic mass is 9.93. The van der Waals surface area contributed by atoms with E-state index in [4.69, 9.17) is 10.5 Å². The second kappa shape index (κ2) is 8.06. The van der Waals surface area contributed by atoms with Crippen molar-refractivity contribution in [2.75, 3.05) is 26.3 Å². The molecule has 1 saturated heterocycles. The summed E-state index contributed by atoms with van der Waals surface area (Å²) >= 11 is 0. The van der Waals surface area contributed by atoms with Gasteiger partial charge in [-0.1, -0.05) is 13.3 Å². The Morgan fingerprint density at radius 3 is 2.82 bits per heavy atom. The van der Waals surface area contributed by atoms with E-state index in [0.717, 1.165) is 32.2 Å². The van der Waals surface area contributed by atoms with Gasteiger partial charge in [0.1, 0.15) is 0 Å². The van der Waals surface area contributed by atoms with Crippen LogP contribution in [-0.4, -0.2) is 31.8 Å². The maximum atomic E-state index is 5.62. The van der Waals surface area contributed by atoms with Crippen molar-refractivity contribution in [3.05, 3.63) is 0 Å². The predicted molar refractivity (Wildman–Crippen MR) is 73.1 cm³/mol. The van der Waals surface area contributed by atoms with Crippen LogP contribution in [0.5, 0.6) is 0 Å². The SMILES string of the molecule is CCC(CCN)CCCNC1(C)CCCOC1. The molecule has 17 heavy (non-hydrogen) atoms. The van der Waals surface area contributed by atoms with E-state index in [1.54, 1.807) is 0 Å². The number of nitrogens with two attached hydrogens (primary N) is 1. The second-order valence-electron chi connectivity index (χ2n) is 5.64. The van der Waals surface area contributed by atoms with Gasteiger partial charge in [-0.15, -0.1) is 0 Å². The quantitative estimate of drug-likeness (QED) is 0.642. The van der Waals surface area contributed by atoms with Crippen molar-refractivity contribution < 1.29 is 4.74 Å². The van der Waals surface area contributed by atoms with Crippen LogP contribution in [0.4, 0.5) is 0 Å². The van der Waals surface area contributed by atoms with Crippen LogP contribution in [0.25, 0.3) is 0 Å². The minimum atomic E-state index is 0.216. The third-order valence-corrected chi connectivity index (χ3v) is 3.93. The van der Waals surface area contributed by atoms with Crippen LogP contribution < -0.4 is 11.1 Å². The maximum absolute atomic E-state index is 5.62. The summed E-state index contributed by atoms with van der Waals surface area (Å²) in [6.07, 6.45) is 7.43. The van der Waals surface area contributed by atoms with Gasteiger partial charge in [0.25, 0.3) is 0 Å². The van der Waals surface area contributed by atoms with E-state index in [1.807, 2.05) is 0 Å². The smallest absolute Gasteiger partial charge is 0.0645 e. The Morgan fingerprint density at radius 1 is 1.41 bits per heavy atom. The average Bonchev–Trinajstić information content (AvgIpc) is 2.34. The largest absolute Gasteiger partial charge is 0.380 e. The fourth-order valence-electron chi connectivity index (χ4n) is 2.64. The molecule has 0 aromatic rings. The van der Waals surface area contributed by atoms with E-state index in [1.165, 1.54) is 38.5 Å². The molecule has 1 rings (SSSR count). The molecule has 3 N–H and O–H groups in total. The maximum Gasteiger partial charge on any atom is 0.0645 e. The van der Waals surface area contributed by atoms with E-state index in [9.17, 15) is 0 Å². The van der Waals surface area contributed by atoms with Crippen molar-refractivity contribution in [2.24, 2.45) is 11.7 Å². The Kier molecular flexibility index (Phi) is 7.09. The van der Waals surface area contributed by atoms with Gasteiger partial charge in [-0.05, 0) is 58.0 Å². The topological polar surface area (TPSA) is 47.3 Å². The molecule has 102 valence electrons. The Morgan fingerprint density at radius 2 is 2.24 bits per heavy atom. The van der Waals surface area contributed by atoms with Crippen molar-refractivity contribution >= 4 is 0 Å². The van der Waals surface area contributed by atoms with Crippen molar-refractivity contribution in [2.45, 2.75) is 57.9 Å². The van der Waals surface area contributed by atoms with Gasteiger partial charge in [0.05, 0.1) is 6.61 Å². The Hall–Kier alpha value is -0.120. The second-order valence-corrected chi connectivity index (χ2v) is 5.64. The van der Waals surface area contributed by atoms with Crippen LogP contribution in [0, 0.1) is 5.92 Å². The lowest BCUT2D eigenvalue weighted by molar-refractivity contribution is 0.0284. The number of hydrogen-bond donors (Lipinski definition) is 2. The highest BCUT2D eigenvalue weighted by molar-refractivity contribution is 4.85. The Bertz CT molecular complexity index is 191. The van der Waals surface area contributed by atoms with E-state index >= 15 is 0 Å². The van der Waals surface area contributed by atoms with Crippen molar-refractivity contribution in [3.63, 3.8) is 0 Å². The first kappa shape index (κ1) is 14.9. The highest BCUT2D eigenvalue weighted by atomic mass is 16.5. The number of ether oxygens (including phenoxy) is 1. The standard InChI is InChI=1S/C14H30N2O/c1-3-13(7-9-15)6-4-10-16-14(2)8-5-11-17-12-14/h13,16H,3-12,15H2,1-2H3. The monoisotopic (exact) mass is 242 g/mol. The minimum absolute atomic E-state index is 0.216. The van der Waals surface area contributed by atoms with Crippen LogP contribution in [0.1, 0.15) is 52.4 Å². The lowest BCUT2D eigenvalue weighted by Gasteiger charge is -2.34. The molecule has 0 aromatic carbocycles. The van der Waals surface area contributed by atoms with Crippen LogP contribution >= 0.6 is 0 Å². The summed E-state index contributed by atoms with van der Waals surface area (Å²) in [6.45, 7) is 8.30. The van der Waals surface area contributed by atoms with Gasteiger partial charge >= 0.3 is 0 Å². The molecule has 0 aliphatic carbocycles. The van der Waals surface area contributed by atoms with E-state index in [-0.39, 0.29) is 5.54 Å². The molecule has 0 aromatic heterocycles. The first-order valence-electron chi connectivity index (χ1n) is 7.23. The molecular formula is C14H30N2O. The zero-order valence-electron chi connectivity index (χ0n) is 11.6. The molecule has 3 nitrogen and oxygen atoms in total. The minimum Gasteiger partial charge on any atom is -0.380 e.